The molecule has 25 heavy (non-hydrogen) atoms. The maximum atomic E-state index is 12.5. The van der Waals surface area contributed by atoms with E-state index in [0.29, 0.717) is 0 Å². The van der Waals surface area contributed by atoms with Crippen LogP contribution in [-0.4, -0.2) is 17.5 Å². The number of benzene rings is 1. The van der Waals surface area contributed by atoms with Crippen LogP contribution in [0, 0.1) is 23.7 Å². The minimum absolute atomic E-state index is 0.00485. The number of rotatable bonds is 5. The van der Waals surface area contributed by atoms with E-state index in [0.717, 1.165) is 29.1 Å². The fraction of sp³-hybridized carbons (Fsp3) is 0.667. The average molecular weight is 341 g/mol. The van der Waals surface area contributed by atoms with Gasteiger partial charge in [0.15, 0.2) is 0 Å². The van der Waals surface area contributed by atoms with Crippen molar-refractivity contribution in [3.63, 3.8) is 0 Å². The number of carbonyl (C=O) groups is 1. The minimum Gasteiger partial charge on any atom is -0.378 e. The van der Waals surface area contributed by atoms with Crippen LogP contribution in [0.5, 0.6) is 0 Å². The van der Waals surface area contributed by atoms with Gasteiger partial charge in [-0.1, -0.05) is 19.1 Å². The van der Waals surface area contributed by atoms with Gasteiger partial charge in [-0.2, -0.15) is 0 Å². The predicted molar refractivity (Wildman–Crippen MR) is 102 cm³/mol. The summed E-state index contributed by atoms with van der Waals surface area (Å²) in [6.45, 7) is 3.76. The van der Waals surface area contributed by atoms with Crippen molar-refractivity contribution < 1.29 is 4.79 Å². The van der Waals surface area contributed by atoms with Crippen LogP contribution in [0.2, 0.25) is 0 Å². The Morgan fingerprint density at radius 3 is 2.08 bits per heavy atom. The van der Waals surface area contributed by atoms with E-state index >= 15 is 0 Å². The van der Waals surface area contributed by atoms with Crippen LogP contribution in [0.4, 0.5) is 11.4 Å². The Morgan fingerprint density at radius 2 is 1.56 bits per heavy atom. The molecule has 4 fully saturated rings. The molecule has 0 saturated heterocycles. The smallest absolute Gasteiger partial charge is 0.228 e. The summed E-state index contributed by atoms with van der Waals surface area (Å²) in [5, 5.41) is 6.98. The highest BCUT2D eigenvalue weighted by Crippen LogP contribution is 2.56. The summed E-state index contributed by atoms with van der Waals surface area (Å²) >= 11 is 0. The topological polar surface area (TPSA) is 67.2 Å². The van der Waals surface area contributed by atoms with Gasteiger partial charge in [-0.15, -0.1) is 0 Å². The Bertz CT molecular complexity index is 619. The molecule has 5 rings (SSSR count). The lowest BCUT2D eigenvalue weighted by Crippen LogP contribution is -2.54. The van der Waals surface area contributed by atoms with E-state index in [1.807, 2.05) is 32.0 Å². The zero-order chi connectivity index (χ0) is 17.6. The van der Waals surface area contributed by atoms with Gasteiger partial charge in [-0.3, -0.25) is 4.79 Å². The molecular weight excluding hydrogens is 310 g/mol. The summed E-state index contributed by atoms with van der Waals surface area (Å²) in [5.74, 6) is 2.50. The monoisotopic (exact) mass is 341 g/mol. The summed E-state index contributed by atoms with van der Waals surface area (Å²) < 4.78 is 0. The van der Waals surface area contributed by atoms with Crippen molar-refractivity contribution >= 4 is 17.3 Å². The molecule has 1 aromatic carbocycles. The first-order valence-corrected chi connectivity index (χ1v) is 9.88. The number of nitrogens with one attached hydrogen (secondary N) is 2. The Balaban J connectivity index is 1.53. The lowest BCUT2D eigenvalue weighted by Gasteiger charge is -2.57. The molecule has 1 aromatic rings. The van der Waals surface area contributed by atoms with Gasteiger partial charge in [0.25, 0.3) is 0 Å². The zero-order valence-electron chi connectivity index (χ0n) is 15.4. The molecule has 0 aromatic heterocycles. The van der Waals surface area contributed by atoms with Gasteiger partial charge in [0, 0.05) is 11.6 Å². The standard InChI is InChI=1S/C21H31N3O/c1-13(14(2)22)20(25)23-18-5-3-4-6-19(18)24-21-10-15-7-16(11-21)9-17(8-15)12-21/h3-6,13-17,24H,7-12,22H2,1-2H3,(H,23,25). The first-order valence-electron chi connectivity index (χ1n) is 9.88. The van der Waals surface area contributed by atoms with Gasteiger partial charge < -0.3 is 16.4 Å². The van der Waals surface area contributed by atoms with Gasteiger partial charge in [-0.25, -0.2) is 0 Å². The Labute approximate surface area is 150 Å². The molecule has 4 saturated carbocycles. The van der Waals surface area contributed by atoms with Crippen LogP contribution < -0.4 is 16.4 Å². The molecular formula is C21H31N3O. The molecule has 0 aliphatic heterocycles. The van der Waals surface area contributed by atoms with E-state index in [1.54, 1.807) is 0 Å². The number of para-hydroxylation sites is 2. The second kappa shape index (κ2) is 6.31. The number of carbonyl (C=O) groups excluding carboxylic acids is 1. The van der Waals surface area contributed by atoms with Crippen molar-refractivity contribution in [3.05, 3.63) is 24.3 Å². The SMILES string of the molecule is CC(N)C(C)C(=O)Nc1ccccc1NC12CC3CC(CC(C3)C1)C2. The highest BCUT2D eigenvalue weighted by Gasteiger charge is 2.51. The van der Waals surface area contributed by atoms with Crippen LogP contribution in [0.25, 0.3) is 0 Å². The van der Waals surface area contributed by atoms with Gasteiger partial charge in [-0.05, 0) is 75.3 Å². The molecule has 0 heterocycles. The van der Waals surface area contributed by atoms with Crippen LogP contribution in [0.15, 0.2) is 24.3 Å². The third-order valence-electron chi connectivity index (χ3n) is 6.83. The van der Waals surface area contributed by atoms with Crippen LogP contribution >= 0.6 is 0 Å². The van der Waals surface area contributed by atoms with Crippen LogP contribution in [0.3, 0.4) is 0 Å². The molecule has 2 unspecified atom stereocenters. The number of anilines is 2. The molecule has 0 radical (unpaired) electrons. The van der Waals surface area contributed by atoms with Gasteiger partial charge >= 0.3 is 0 Å². The summed E-state index contributed by atoms with van der Waals surface area (Å²) in [6.07, 6.45) is 8.17. The Hall–Kier alpha value is -1.55. The first-order chi connectivity index (χ1) is 11.9. The van der Waals surface area contributed by atoms with Crippen molar-refractivity contribution in [2.24, 2.45) is 29.4 Å². The van der Waals surface area contributed by atoms with E-state index < -0.39 is 0 Å². The molecule has 4 aliphatic carbocycles. The van der Waals surface area contributed by atoms with Crippen molar-refractivity contribution in [2.45, 2.75) is 64.0 Å². The van der Waals surface area contributed by atoms with E-state index in [-0.39, 0.29) is 23.4 Å². The molecule has 1 amide bonds. The number of hydrogen-bond donors (Lipinski definition) is 3. The van der Waals surface area contributed by atoms with Gasteiger partial charge in [0.05, 0.1) is 17.3 Å². The Morgan fingerprint density at radius 1 is 1.04 bits per heavy atom. The molecule has 4 nitrogen and oxygen atoms in total. The largest absolute Gasteiger partial charge is 0.378 e. The summed E-state index contributed by atoms with van der Waals surface area (Å²) in [7, 11) is 0. The third-order valence-corrected chi connectivity index (χ3v) is 6.83. The summed E-state index contributed by atoms with van der Waals surface area (Å²) in [4.78, 5) is 12.5. The molecule has 4 heteroatoms. The maximum Gasteiger partial charge on any atom is 0.228 e. The average Bonchev–Trinajstić information content (AvgIpc) is 2.54. The lowest BCUT2D eigenvalue weighted by molar-refractivity contribution is -0.119. The molecule has 4 bridgehead atoms. The molecule has 2 atom stereocenters. The van der Waals surface area contributed by atoms with E-state index in [1.165, 1.54) is 38.5 Å². The van der Waals surface area contributed by atoms with E-state index in [9.17, 15) is 4.79 Å². The van der Waals surface area contributed by atoms with Crippen molar-refractivity contribution in [1.82, 2.24) is 0 Å². The normalized spacial score (nSPS) is 35.2. The maximum absolute atomic E-state index is 12.5. The lowest BCUT2D eigenvalue weighted by atomic mass is 9.53. The predicted octanol–water partition coefficient (Wildman–Crippen LogP) is 3.99. The van der Waals surface area contributed by atoms with E-state index in [2.05, 4.69) is 16.7 Å². The third kappa shape index (κ3) is 3.29. The second-order valence-electron chi connectivity index (χ2n) is 9.01. The number of amides is 1. The highest BCUT2D eigenvalue weighted by atomic mass is 16.1. The number of hydrogen-bond acceptors (Lipinski definition) is 3. The quantitative estimate of drug-likeness (QED) is 0.758. The molecule has 0 spiro atoms. The van der Waals surface area contributed by atoms with Crippen LogP contribution in [-0.2, 0) is 4.79 Å². The first kappa shape index (κ1) is 16.9. The fourth-order valence-electron chi connectivity index (χ4n) is 5.74. The molecule has 136 valence electrons. The van der Waals surface area contributed by atoms with Crippen molar-refractivity contribution in [3.8, 4) is 0 Å². The number of nitrogens with two attached hydrogens (primary N) is 1. The van der Waals surface area contributed by atoms with E-state index in [4.69, 9.17) is 5.73 Å². The van der Waals surface area contributed by atoms with Crippen molar-refractivity contribution in [2.75, 3.05) is 10.6 Å². The van der Waals surface area contributed by atoms with Gasteiger partial charge in [0.1, 0.15) is 0 Å². The second-order valence-corrected chi connectivity index (χ2v) is 9.01. The molecule has 4 aliphatic rings. The summed E-state index contributed by atoms with van der Waals surface area (Å²) in [6, 6.07) is 7.98. The van der Waals surface area contributed by atoms with Crippen molar-refractivity contribution in [1.29, 1.82) is 0 Å². The zero-order valence-corrected chi connectivity index (χ0v) is 15.4. The fourth-order valence-corrected chi connectivity index (χ4v) is 5.74. The Kier molecular flexibility index (Phi) is 4.27. The van der Waals surface area contributed by atoms with Crippen LogP contribution in [0.1, 0.15) is 52.4 Å². The van der Waals surface area contributed by atoms with Gasteiger partial charge in [0.2, 0.25) is 5.91 Å². The highest BCUT2D eigenvalue weighted by molar-refractivity contribution is 5.95. The molecule has 4 N–H and O–H groups in total. The minimum atomic E-state index is -0.201. The summed E-state index contributed by atoms with van der Waals surface area (Å²) in [5.41, 5.74) is 8.07.